The van der Waals surface area contributed by atoms with Crippen LogP contribution in [0.15, 0.2) is 47.4 Å². The highest BCUT2D eigenvalue weighted by molar-refractivity contribution is 8.00. The zero-order valence-corrected chi connectivity index (χ0v) is 12.3. The van der Waals surface area contributed by atoms with Gasteiger partial charge >= 0.3 is 0 Å². The molecule has 0 spiro atoms. The Kier molecular flexibility index (Phi) is 5.33. The maximum atomic E-state index is 13.0. The zero-order valence-electron chi connectivity index (χ0n) is 11.5. The summed E-state index contributed by atoms with van der Waals surface area (Å²) in [6.07, 6.45) is 0.896. The van der Waals surface area contributed by atoms with Crippen LogP contribution in [-0.2, 0) is 11.2 Å². The highest BCUT2D eigenvalue weighted by Crippen LogP contribution is 2.20. The number of hydrogen-bond donors (Lipinski definition) is 1. The smallest absolute Gasteiger partial charge is 0.234 e. The average molecular weight is 307 g/mol. The van der Waals surface area contributed by atoms with Crippen LogP contribution in [0, 0.1) is 11.6 Å². The Balaban J connectivity index is 1.90. The molecule has 0 fully saturated rings. The number of rotatable bonds is 5. The number of carbonyl (C=O) groups is 1. The van der Waals surface area contributed by atoms with Crippen molar-refractivity contribution in [3.05, 3.63) is 59.7 Å². The molecule has 21 heavy (non-hydrogen) atoms. The van der Waals surface area contributed by atoms with Crippen LogP contribution in [0.1, 0.15) is 12.5 Å². The van der Waals surface area contributed by atoms with Crippen LogP contribution in [0.5, 0.6) is 0 Å². The van der Waals surface area contributed by atoms with Gasteiger partial charge in [0.15, 0.2) is 11.6 Å². The molecule has 0 unspecified atom stereocenters. The second-order valence-electron chi connectivity index (χ2n) is 4.47. The lowest BCUT2D eigenvalue weighted by atomic mass is 10.1. The molecule has 0 atom stereocenters. The highest BCUT2D eigenvalue weighted by atomic mass is 32.2. The molecule has 0 bridgehead atoms. The topological polar surface area (TPSA) is 29.1 Å². The van der Waals surface area contributed by atoms with Crippen molar-refractivity contribution < 1.29 is 13.6 Å². The summed E-state index contributed by atoms with van der Waals surface area (Å²) in [5, 5.41) is 2.79. The molecule has 2 nitrogen and oxygen atoms in total. The van der Waals surface area contributed by atoms with Crippen molar-refractivity contribution in [3.63, 3.8) is 0 Å². The molecule has 0 saturated heterocycles. The third-order valence-corrected chi connectivity index (χ3v) is 3.87. The maximum absolute atomic E-state index is 13.0. The van der Waals surface area contributed by atoms with Gasteiger partial charge in [0.2, 0.25) is 5.91 Å². The summed E-state index contributed by atoms with van der Waals surface area (Å²) in [5.41, 5.74) is 1.88. The molecule has 0 heterocycles. The lowest BCUT2D eigenvalue weighted by Gasteiger charge is -2.07. The average Bonchev–Trinajstić information content (AvgIpc) is 2.48. The normalized spacial score (nSPS) is 10.4. The number of nitrogens with one attached hydrogen (secondary N) is 1. The molecule has 1 N–H and O–H groups in total. The highest BCUT2D eigenvalue weighted by Gasteiger charge is 2.07. The predicted molar refractivity (Wildman–Crippen MR) is 81.5 cm³/mol. The summed E-state index contributed by atoms with van der Waals surface area (Å²) in [5.74, 6) is -1.84. The quantitative estimate of drug-likeness (QED) is 0.836. The van der Waals surface area contributed by atoms with Crippen molar-refractivity contribution in [1.82, 2.24) is 0 Å². The number of anilines is 1. The lowest BCUT2D eigenvalue weighted by Crippen LogP contribution is -2.14. The van der Waals surface area contributed by atoms with E-state index in [0.717, 1.165) is 41.6 Å². The van der Waals surface area contributed by atoms with E-state index in [1.165, 1.54) is 6.07 Å². The fourth-order valence-corrected chi connectivity index (χ4v) is 2.50. The zero-order chi connectivity index (χ0) is 15.2. The van der Waals surface area contributed by atoms with E-state index in [9.17, 15) is 13.6 Å². The molecule has 2 rings (SSSR count). The number of halogens is 2. The van der Waals surface area contributed by atoms with Crippen LogP contribution in [0.25, 0.3) is 0 Å². The molecule has 0 aromatic heterocycles. The van der Waals surface area contributed by atoms with Crippen LogP contribution in [0.4, 0.5) is 14.5 Å². The molecule has 0 aliphatic carbocycles. The molecule has 5 heteroatoms. The molecule has 0 saturated carbocycles. The maximum Gasteiger partial charge on any atom is 0.234 e. The van der Waals surface area contributed by atoms with Crippen molar-refractivity contribution >= 4 is 23.4 Å². The van der Waals surface area contributed by atoms with E-state index in [1.807, 2.05) is 31.2 Å². The molecule has 0 aliphatic heterocycles. The number of benzene rings is 2. The molecule has 1 amide bonds. The van der Waals surface area contributed by atoms with Crippen molar-refractivity contribution in [2.45, 2.75) is 18.2 Å². The van der Waals surface area contributed by atoms with Crippen molar-refractivity contribution in [2.75, 3.05) is 11.1 Å². The lowest BCUT2D eigenvalue weighted by molar-refractivity contribution is -0.113. The van der Waals surface area contributed by atoms with E-state index in [4.69, 9.17) is 0 Å². The molecule has 0 aliphatic rings. The number of hydrogen-bond acceptors (Lipinski definition) is 2. The third kappa shape index (κ3) is 4.56. The van der Waals surface area contributed by atoms with Gasteiger partial charge in [0, 0.05) is 10.6 Å². The van der Waals surface area contributed by atoms with E-state index in [0.29, 0.717) is 4.90 Å². The second kappa shape index (κ2) is 7.22. The largest absolute Gasteiger partial charge is 0.325 e. The Morgan fingerprint density at radius 3 is 2.67 bits per heavy atom. The Bertz CT molecular complexity index is 646. The number of carbonyl (C=O) groups excluding carboxylic acids is 1. The standard InChI is InChI=1S/C16H15F2NOS/c1-2-11-4-3-5-12(8-11)19-16(20)10-21-13-6-7-14(17)15(18)9-13/h3-9H,2,10H2,1H3,(H,19,20). The third-order valence-electron chi connectivity index (χ3n) is 2.88. The molecular weight excluding hydrogens is 292 g/mol. The first-order valence-corrected chi connectivity index (χ1v) is 7.53. The minimum atomic E-state index is -0.906. The number of thioether (sulfide) groups is 1. The fourth-order valence-electron chi connectivity index (χ4n) is 1.78. The van der Waals surface area contributed by atoms with Gasteiger partial charge in [0.1, 0.15) is 0 Å². The van der Waals surface area contributed by atoms with Gasteiger partial charge in [0.25, 0.3) is 0 Å². The van der Waals surface area contributed by atoms with E-state index >= 15 is 0 Å². The summed E-state index contributed by atoms with van der Waals surface area (Å²) in [6, 6.07) is 11.2. The van der Waals surface area contributed by atoms with Gasteiger partial charge in [0.05, 0.1) is 5.75 Å². The fraction of sp³-hybridized carbons (Fsp3) is 0.188. The van der Waals surface area contributed by atoms with Crippen molar-refractivity contribution in [2.24, 2.45) is 0 Å². The summed E-state index contributed by atoms with van der Waals surface area (Å²) in [4.78, 5) is 12.4. The van der Waals surface area contributed by atoms with E-state index in [1.54, 1.807) is 0 Å². The first-order chi connectivity index (χ1) is 10.1. The van der Waals surface area contributed by atoms with Crippen LogP contribution >= 0.6 is 11.8 Å². The van der Waals surface area contributed by atoms with Gasteiger partial charge in [-0.05, 0) is 42.3 Å². The first-order valence-electron chi connectivity index (χ1n) is 6.55. The summed E-state index contributed by atoms with van der Waals surface area (Å²) in [6.45, 7) is 2.04. The minimum absolute atomic E-state index is 0.140. The van der Waals surface area contributed by atoms with Gasteiger partial charge in [-0.3, -0.25) is 4.79 Å². The van der Waals surface area contributed by atoms with Crippen LogP contribution in [-0.4, -0.2) is 11.7 Å². The van der Waals surface area contributed by atoms with Crippen molar-refractivity contribution in [1.29, 1.82) is 0 Å². The van der Waals surface area contributed by atoms with Crippen LogP contribution in [0.2, 0.25) is 0 Å². The van der Waals surface area contributed by atoms with Crippen molar-refractivity contribution in [3.8, 4) is 0 Å². The van der Waals surface area contributed by atoms with Gasteiger partial charge < -0.3 is 5.32 Å². The van der Waals surface area contributed by atoms with Gasteiger partial charge in [-0.15, -0.1) is 11.8 Å². The molecule has 2 aromatic carbocycles. The van der Waals surface area contributed by atoms with Crippen LogP contribution < -0.4 is 5.32 Å². The molecule has 0 radical (unpaired) electrons. The van der Waals surface area contributed by atoms with Crippen LogP contribution in [0.3, 0.4) is 0 Å². The summed E-state index contributed by atoms with van der Waals surface area (Å²) >= 11 is 1.16. The Hall–Kier alpha value is -1.88. The first kappa shape index (κ1) is 15.5. The summed E-state index contributed by atoms with van der Waals surface area (Å²) in [7, 11) is 0. The van der Waals surface area contributed by atoms with E-state index in [-0.39, 0.29) is 11.7 Å². The Morgan fingerprint density at radius 2 is 1.95 bits per heavy atom. The van der Waals surface area contributed by atoms with Gasteiger partial charge in [-0.2, -0.15) is 0 Å². The Labute approximate surface area is 126 Å². The summed E-state index contributed by atoms with van der Waals surface area (Å²) < 4.78 is 25.8. The van der Waals surface area contributed by atoms with E-state index < -0.39 is 11.6 Å². The SMILES string of the molecule is CCc1cccc(NC(=O)CSc2ccc(F)c(F)c2)c1. The Morgan fingerprint density at radius 1 is 1.14 bits per heavy atom. The molecular formula is C16H15F2NOS. The monoisotopic (exact) mass is 307 g/mol. The predicted octanol–water partition coefficient (Wildman–Crippen LogP) is 4.26. The minimum Gasteiger partial charge on any atom is -0.325 e. The van der Waals surface area contributed by atoms with Gasteiger partial charge in [-0.25, -0.2) is 8.78 Å². The molecule has 2 aromatic rings. The number of amides is 1. The number of aryl methyl sites for hydroxylation is 1. The van der Waals surface area contributed by atoms with E-state index in [2.05, 4.69) is 5.32 Å². The second-order valence-corrected chi connectivity index (χ2v) is 5.52. The molecule has 110 valence electrons. The van der Waals surface area contributed by atoms with Gasteiger partial charge in [-0.1, -0.05) is 19.1 Å².